The Hall–Kier alpha value is -3.49. The van der Waals surface area contributed by atoms with E-state index in [-0.39, 0.29) is 11.3 Å². The van der Waals surface area contributed by atoms with Crippen LogP contribution in [0.2, 0.25) is 0 Å². The lowest BCUT2D eigenvalue weighted by Crippen LogP contribution is -2.37. The molecule has 0 aliphatic carbocycles. The molecular formula is C26H25BrFN3O3. The first-order valence-electron chi connectivity index (χ1n) is 10.6. The van der Waals surface area contributed by atoms with E-state index in [0.29, 0.717) is 30.2 Å². The van der Waals surface area contributed by atoms with Crippen LogP contribution in [0.4, 0.5) is 4.39 Å². The van der Waals surface area contributed by atoms with Crippen molar-refractivity contribution in [2.24, 2.45) is 0 Å². The number of carbonyl (C=O) groups excluding carboxylic acids is 2. The van der Waals surface area contributed by atoms with Gasteiger partial charge in [-0.25, -0.2) is 4.39 Å². The number of rotatable bonds is 9. The second-order valence-corrected chi connectivity index (χ2v) is 8.54. The number of halogens is 2. The standard InChI is InChI=1S/C26H25BrFN3O3/c1-31(2)15-14-29-26(33)23(30-25(32)19-6-5-7-20(28)17-19)16-18-10-12-21(13-11-18)34-24-9-4-3-8-22(24)27/h3-13,16-17H,14-15H2,1-2H3,(H,29,33)(H,30,32)/b23-16+. The first kappa shape index (κ1) is 25.1. The molecule has 0 fully saturated rings. The summed E-state index contributed by atoms with van der Waals surface area (Å²) < 4.78 is 20.2. The summed E-state index contributed by atoms with van der Waals surface area (Å²) >= 11 is 3.45. The molecule has 0 radical (unpaired) electrons. The SMILES string of the molecule is CN(C)CCNC(=O)/C(=C\c1ccc(Oc2ccccc2Br)cc1)NC(=O)c1cccc(F)c1. The smallest absolute Gasteiger partial charge is 0.267 e. The van der Waals surface area contributed by atoms with E-state index in [1.807, 2.05) is 43.3 Å². The van der Waals surface area contributed by atoms with Crippen molar-refractivity contribution in [3.05, 3.63) is 99.9 Å². The Balaban J connectivity index is 1.79. The molecule has 3 rings (SSSR count). The average molecular weight is 526 g/mol. The monoisotopic (exact) mass is 525 g/mol. The van der Waals surface area contributed by atoms with E-state index in [2.05, 4.69) is 26.6 Å². The zero-order valence-corrected chi connectivity index (χ0v) is 20.4. The van der Waals surface area contributed by atoms with E-state index in [9.17, 15) is 14.0 Å². The highest BCUT2D eigenvalue weighted by Crippen LogP contribution is 2.29. The van der Waals surface area contributed by atoms with E-state index >= 15 is 0 Å². The lowest BCUT2D eigenvalue weighted by molar-refractivity contribution is -0.117. The summed E-state index contributed by atoms with van der Waals surface area (Å²) in [5.41, 5.74) is 0.841. The molecule has 0 heterocycles. The summed E-state index contributed by atoms with van der Waals surface area (Å²) in [6.07, 6.45) is 1.56. The Labute approximate surface area is 206 Å². The van der Waals surface area contributed by atoms with Crippen molar-refractivity contribution in [3.63, 3.8) is 0 Å². The molecule has 2 amide bonds. The molecule has 3 aromatic carbocycles. The van der Waals surface area contributed by atoms with Gasteiger partial charge in [-0.2, -0.15) is 0 Å². The lowest BCUT2D eigenvalue weighted by Gasteiger charge is -2.13. The van der Waals surface area contributed by atoms with Gasteiger partial charge in [-0.15, -0.1) is 0 Å². The van der Waals surface area contributed by atoms with Crippen LogP contribution in [0.3, 0.4) is 0 Å². The molecule has 0 saturated carbocycles. The number of amides is 2. The molecule has 0 bridgehead atoms. The van der Waals surface area contributed by atoms with E-state index < -0.39 is 17.6 Å². The molecule has 0 unspecified atom stereocenters. The minimum atomic E-state index is -0.581. The van der Waals surface area contributed by atoms with Crippen LogP contribution < -0.4 is 15.4 Å². The quantitative estimate of drug-likeness (QED) is 0.392. The van der Waals surface area contributed by atoms with E-state index in [0.717, 1.165) is 10.5 Å². The highest BCUT2D eigenvalue weighted by molar-refractivity contribution is 9.10. The van der Waals surface area contributed by atoms with Crippen molar-refractivity contribution in [3.8, 4) is 11.5 Å². The summed E-state index contributed by atoms with van der Waals surface area (Å²) in [4.78, 5) is 27.4. The molecule has 0 aliphatic rings. The third-order valence-corrected chi connectivity index (χ3v) is 5.33. The zero-order chi connectivity index (χ0) is 24.5. The van der Waals surface area contributed by atoms with Crippen LogP contribution in [0.15, 0.2) is 83.0 Å². The van der Waals surface area contributed by atoms with Gasteiger partial charge < -0.3 is 20.3 Å². The van der Waals surface area contributed by atoms with Gasteiger partial charge in [-0.05, 0) is 84.1 Å². The third-order valence-electron chi connectivity index (χ3n) is 4.68. The minimum Gasteiger partial charge on any atom is -0.456 e. The normalized spacial score (nSPS) is 11.3. The fourth-order valence-corrected chi connectivity index (χ4v) is 3.29. The number of likely N-dealkylation sites (N-methyl/N-ethyl adjacent to an activating group) is 1. The Morgan fingerprint density at radius 1 is 1.03 bits per heavy atom. The van der Waals surface area contributed by atoms with Gasteiger partial charge in [-0.1, -0.05) is 30.3 Å². The molecule has 0 aromatic heterocycles. The lowest BCUT2D eigenvalue weighted by atomic mass is 10.1. The van der Waals surface area contributed by atoms with Crippen LogP contribution in [-0.2, 0) is 4.79 Å². The van der Waals surface area contributed by atoms with Crippen LogP contribution in [0, 0.1) is 5.82 Å². The summed E-state index contributed by atoms with van der Waals surface area (Å²) in [6, 6.07) is 19.9. The van der Waals surface area contributed by atoms with Gasteiger partial charge in [0, 0.05) is 18.7 Å². The minimum absolute atomic E-state index is 0.0486. The molecule has 8 heteroatoms. The Morgan fingerprint density at radius 2 is 1.76 bits per heavy atom. The van der Waals surface area contributed by atoms with Gasteiger partial charge in [0.1, 0.15) is 23.0 Å². The fraction of sp³-hybridized carbons (Fsp3) is 0.154. The van der Waals surface area contributed by atoms with Crippen molar-refractivity contribution in [2.45, 2.75) is 0 Å². The maximum Gasteiger partial charge on any atom is 0.267 e. The number of benzene rings is 3. The maximum atomic E-state index is 13.5. The fourth-order valence-electron chi connectivity index (χ4n) is 2.92. The van der Waals surface area contributed by atoms with Crippen LogP contribution >= 0.6 is 15.9 Å². The Morgan fingerprint density at radius 3 is 2.44 bits per heavy atom. The number of carbonyl (C=O) groups is 2. The molecule has 176 valence electrons. The van der Waals surface area contributed by atoms with Gasteiger partial charge in [0.2, 0.25) is 0 Å². The van der Waals surface area contributed by atoms with Gasteiger partial charge in [0.05, 0.1) is 4.47 Å². The summed E-state index contributed by atoms with van der Waals surface area (Å²) in [6.45, 7) is 1.04. The summed E-state index contributed by atoms with van der Waals surface area (Å²) in [5.74, 6) is -0.268. The molecule has 2 N–H and O–H groups in total. The van der Waals surface area contributed by atoms with Crippen LogP contribution in [0.1, 0.15) is 15.9 Å². The number of hydrogen-bond donors (Lipinski definition) is 2. The molecule has 0 spiro atoms. The highest BCUT2D eigenvalue weighted by Gasteiger charge is 2.15. The zero-order valence-electron chi connectivity index (χ0n) is 18.8. The molecule has 6 nitrogen and oxygen atoms in total. The van der Waals surface area contributed by atoms with Gasteiger partial charge in [0.15, 0.2) is 0 Å². The molecule has 0 saturated heterocycles. The number of nitrogens with one attached hydrogen (secondary N) is 2. The molecule has 3 aromatic rings. The van der Waals surface area contributed by atoms with Gasteiger partial charge >= 0.3 is 0 Å². The molecule has 0 aliphatic heterocycles. The van der Waals surface area contributed by atoms with Crippen molar-refractivity contribution < 1.29 is 18.7 Å². The van der Waals surface area contributed by atoms with E-state index in [1.54, 1.807) is 30.3 Å². The average Bonchev–Trinajstić information content (AvgIpc) is 2.81. The highest BCUT2D eigenvalue weighted by atomic mass is 79.9. The number of hydrogen-bond acceptors (Lipinski definition) is 4. The largest absolute Gasteiger partial charge is 0.456 e. The molecule has 0 atom stereocenters. The Bertz CT molecular complexity index is 1180. The van der Waals surface area contributed by atoms with Crippen LogP contribution in [0.25, 0.3) is 6.08 Å². The Kier molecular flexibility index (Phi) is 8.95. The summed E-state index contributed by atoms with van der Waals surface area (Å²) in [5, 5.41) is 5.39. The topological polar surface area (TPSA) is 70.7 Å². The number of nitrogens with zero attached hydrogens (tertiary/aromatic N) is 1. The van der Waals surface area contributed by atoms with Crippen LogP contribution in [-0.4, -0.2) is 43.9 Å². The van der Waals surface area contributed by atoms with Crippen molar-refractivity contribution in [1.29, 1.82) is 0 Å². The number of para-hydroxylation sites is 1. The molecular weight excluding hydrogens is 501 g/mol. The predicted octanol–water partition coefficient (Wildman–Crippen LogP) is 4.83. The summed E-state index contributed by atoms with van der Waals surface area (Å²) in [7, 11) is 3.79. The van der Waals surface area contributed by atoms with Crippen molar-refractivity contribution in [2.75, 3.05) is 27.2 Å². The first-order valence-corrected chi connectivity index (χ1v) is 11.3. The third kappa shape index (κ3) is 7.54. The van der Waals surface area contributed by atoms with Gasteiger partial charge in [-0.3, -0.25) is 9.59 Å². The predicted molar refractivity (Wildman–Crippen MR) is 134 cm³/mol. The first-order chi connectivity index (χ1) is 16.3. The molecule has 34 heavy (non-hydrogen) atoms. The van der Waals surface area contributed by atoms with Crippen LogP contribution in [0.5, 0.6) is 11.5 Å². The second-order valence-electron chi connectivity index (χ2n) is 7.68. The maximum absolute atomic E-state index is 13.5. The van der Waals surface area contributed by atoms with E-state index in [1.165, 1.54) is 18.2 Å². The second kappa shape index (κ2) is 12.1. The number of ether oxygens (including phenoxy) is 1. The van der Waals surface area contributed by atoms with Gasteiger partial charge in [0.25, 0.3) is 11.8 Å². The van der Waals surface area contributed by atoms with E-state index in [4.69, 9.17) is 4.74 Å². The van der Waals surface area contributed by atoms with Crippen molar-refractivity contribution in [1.82, 2.24) is 15.5 Å². The van der Waals surface area contributed by atoms with Crippen molar-refractivity contribution >= 4 is 33.8 Å².